The summed E-state index contributed by atoms with van der Waals surface area (Å²) in [4.78, 5) is 12.4. The lowest BCUT2D eigenvalue weighted by Crippen LogP contribution is -2.07. The predicted molar refractivity (Wildman–Crippen MR) is 97.2 cm³/mol. The molecule has 3 rings (SSSR count). The van der Waals surface area contributed by atoms with Gasteiger partial charge in [0.2, 0.25) is 0 Å². The Kier molecular flexibility index (Phi) is 4.68. The van der Waals surface area contributed by atoms with Gasteiger partial charge in [-0.05, 0) is 48.0 Å². The number of para-hydroxylation sites is 2. The maximum atomic E-state index is 10.7. The molecule has 0 spiro atoms. The molecule has 0 heterocycles. The number of nitro benzene ring substituents is 1. The van der Waals surface area contributed by atoms with Gasteiger partial charge in [-0.15, -0.1) is 0 Å². The molecule has 0 aliphatic heterocycles. The lowest BCUT2D eigenvalue weighted by atomic mass is 10.2. The minimum atomic E-state index is -0.395. The molecule has 0 amide bonds. The zero-order valence-corrected chi connectivity index (χ0v) is 12.9. The topological polar surface area (TPSA) is 46.4 Å². The van der Waals surface area contributed by atoms with E-state index in [1.807, 2.05) is 72.9 Å². The molecule has 4 nitrogen and oxygen atoms in total. The summed E-state index contributed by atoms with van der Waals surface area (Å²) in [5.41, 5.74) is 3.08. The van der Waals surface area contributed by atoms with Crippen molar-refractivity contribution in [1.29, 1.82) is 0 Å². The van der Waals surface area contributed by atoms with Gasteiger partial charge < -0.3 is 4.90 Å². The molecule has 24 heavy (non-hydrogen) atoms. The van der Waals surface area contributed by atoms with Gasteiger partial charge in [-0.2, -0.15) is 0 Å². The van der Waals surface area contributed by atoms with E-state index < -0.39 is 4.92 Å². The Morgan fingerprint density at radius 1 is 0.750 bits per heavy atom. The van der Waals surface area contributed by atoms with Crippen molar-refractivity contribution < 1.29 is 4.92 Å². The molecule has 0 unspecified atom stereocenters. The fourth-order valence-electron chi connectivity index (χ4n) is 2.37. The molecule has 3 aromatic rings. The highest BCUT2D eigenvalue weighted by Crippen LogP contribution is 2.26. The number of non-ortho nitro benzene ring substituents is 1. The van der Waals surface area contributed by atoms with Crippen LogP contribution in [-0.2, 0) is 0 Å². The zero-order valence-electron chi connectivity index (χ0n) is 12.9. The van der Waals surface area contributed by atoms with Crippen molar-refractivity contribution in [2.75, 3.05) is 4.90 Å². The third-order valence-corrected chi connectivity index (χ3v) is 3.59. The smallest absolute Gasteiger partial charge is 0.269 e. The number of nitrogens with zero attached hydrogens (tertiary/aromatic N) is 2. The minimum Gasteiger partial charge on any atom is -0.317 e. The van der Waals surface area contributed by atoms with Gasteiger partial charge >= 0.3 is 0 Å². The van der Waals surface area contributed by atoms with Crippen LogP contribution in [0.2, 0.25) is 0 Å². The Labute approximate surface area is 140 Å². The first-order chi connectivity index (χ1) is 11.7. The van der Waals surface area contributed by atoms with Crippen LogP contribution in [0.15, 0.2) is 91.1 Å². The number of benzene rings is 3. The summed E-state index contributed by atoms with van der Waals surface area (Å²) < 4.78 is 0. The Morgan fingerprint density at radius 2 is 1.25 bits per heavy atom. The summed E-state index contributed by atoms with van der Waals surface area (Å²) in [6.45, 7) is 0. The zero-order chi connectivity index (χ0) is 16.8. The van der Waals surface area contributed by atoms with Gasteiger partial charge in [0.15, 0.2) is 0 Å². The number of nitro groups is 1. The normalized spacial score (nSPS) is 10.7. The lowest BCUT2D eigenvalue weighted by molar-refractivity contribution is -0.384. The van der Waals surface area contributed by atoms with Crippen molar-refractivity contribution in [1.82, 2.24) is 0 Å². The number of hydrogen-bond donors (Lipinski definition) is 0. The van der Waals surface area contributed by atoms with E-state index in [-0.39, 0.29) is 5.69 Å². The molecule has 0 aliphatic carbocycles. The number of rotatable bonds is 5. The van der Waals surface area contributed by atoms with Gasteiger partial charge in [0.1, 0.15) is 0 Å². The third-order valence-electron chi connectivity index (χ3n) is 3.59. The Bertz CT molecular complexity index is 789. The van der Waals surface area contributed by atoms with E-state index in [2.05, 4.69) is 4.90 Å². The van der Waals surface area contributed by atoms with Gasteiger partial charge in [-0.3, -0.25) is 10.1 Å². The second-order valence-electron chi connectivity index (χ2n) is 5.21. The van der Waals surface area contributed by atoms with E-state index in [9.17, 15) is 10.1 Å². The largest absolute Gasteiger partial charge is 0.317 e. The van der Waals surface area contributed by atoms with Crippen molar-refractivity contribution in [3.63, 3.8) is 0 Å². The highest BCUT2D eigenvalue weighted by molar-refractivity contribution is 5.69. The molecule has 0 saturated carbocycles. The first-order valence-electron chi connectivity index (χ1n) is 7.56. The van der Waals surface area contributed by atoms with Crippen molar-refractivity contribution in [3.8, 4) is 0 Å². The van der Waals surface area contributed by atoms with Gasteiger partial charge in [-0.1, -0.05) is 36.4 Å². The molecule has 0 fully saturated rings. The lowest BCUT2D eigenvalue weighted by Gasteiger charge is -2.20. The Morgan fingerprint density at radius 3 is 1.71 bits per heavy atom. The Balaban J connectivity index is 1.90. The van der Waals surface area contributed by atoms with Crippen LogP contribution in [-0.4, -0.2) is 4.92 Å². The predicted octanol–water partition coefficient (Wildman–Crippen LogP) is 5.40. The van der Waals surface area contributed by atoms with E-state index in [1.165, 1.54) is 12.1 Å². The molecule has 0 bridgehead atoms. The highest BCUT2D eigenvalue weighted by Gasteiger charge is 2.06. The van der Waals surface area contributed by atoms with Gasteiger partial charge in [0.25, 0.3) is 5.69 Å². The quantitative estimate of drug-likeness (QED) is 0.467. The second-order valence-corrected chi connectivity index (χ2v) is 5.21. The third kappa shape index (κ3) is 3.67. The maximum absolute atomic E-state index is 10.7. The summed E-state index contributed by atoms with van der Waals surface area (Å²) in [5.74, 6) is 0. The summed E-state index contributed by atoms with van der Waals surface area (Å²) in [6, 6.07) is 26.6. The average Bonchev–Trinajstić information content (AvgIpc) is 2.64. The highest BCUT2D eigenvalue weighted by atomic mass is 16.6. The molecule has 4 heteroatoms. The molecule has 0 aliphatic rings. The van der Waals surface area contributed by atoms with Crippen LogP contribution in [0.25, 0.3) is 6.08 Å². The summed E-state index contributed by atoms with van der Waals surface area (Å²) >= 11 is 0. The van der Waals surface area contributed by atoms with Crippen LogP contribution < -0.4 is 4.90 Å². The van der Waals surface area contributed by atoms with Crippen LogP contribution in [0.1, 0.15) is 5.56 Å². The summed E-state index contributed by atoms with van der Waals surface area (Å²) in [6.07, 6.45) is 3.90. The molecular weight excluding hydrogens is 300 g/mol. The average molecular weight is 316 g/mol. The first-order valence-corrected chi connectivity index (χ1v) is 7.56. The molecule has 118 valence electrons. The molecule has 3 aromatic carbocycles. The van der Waals surface area contributed by atoms with Crippen molar-refractivity contribution >= 4 is 23.1 Å². The molecule has 0 atom stereocenters. The van der Waals surface area contributed by atoms with Gasteiger partial charge in [-0.25, -0.2) is 0 Å². The SMILES string of the molecule is O=[N+]([O-])c1ccc(/C=C/N(c2ccccc2)c2ccccc2)cc1. The summed E-state index contributed by atoms with van der Waals surface area (Å²) in [5, 5.41) is 10.7. The maximum Gasteiger partial charge on any atom is 0.269 e. The monoisotopic (exact) mass is 316 g/mol. The van der Waals surface area contributed by atoms with Crippen LogP contribution in [0.4, 0.5) is 17.1 Å². The van der Waals surface area contributed by atoms with Gasteiger partial charge in [0, 0.05) is 29.7 Å². The second kappa shape index (κ2) is 7.24. The fraction of sp³-hybridized carbons (Fsp3) is 0. The van der Waals surface area contributed by atoms with Crippen LogP contribution >= 0.6 is 0 Å². The van der Waals surface area contributed by atoms with Gasteiger partial charge in [0.05, 0.1) is 4.92 Å². The van der Waals surface area contributed by atoms with Crippen LogP contribution in [0.5, 0.6) is 0 Å². The van der Waals surface area contributed by atoms with E-state index in [0.717, 1.165) is 16.9 Å². The van der Waals surface area contributed by atoms with Crippen molar-refractivity contribution in [2.45, 2.75) is 0 Å². The number of hydrogen-bond acceptors (Lipinski definition) is 3. The molecular formula is C20H16N2O2. The molecule has 0 aromatic heterocycles. The van der Waals surface area contributed by atoms with Crippen LogP contribution in [0.3, 0.4) is 0 Å². The van der Waals surface area contributed by atoms with Crippen molar-refractivity contribution in [2.24, 2.45) is 0 Å². The minimum absolute atomic E-state index is 0.0927. The molecule has 0 radical (unpaired) electrons. The Hall–Kier alpha value is -3.40. The van der Waals surface area contributed by atoms with E-state index in [1.54, 1.807) is 12.1 Å². The number of anilines is 2. The fourth-order valence-corrected chi connectivity index (χ4v) is 2.37. The van der Waals surface area contributed by atoms with E-state index in [4.69, 9.17) is 0 Å². The van der Waals surface area contributed by atoms with Crippen LogP contribution in [0, 0.1) is 10.1 Å². The van der Waals surface area contributed by atoms with E-state index in [0.29, 0.717) is 0 Å². The molecule has 0 N–H and O–H groups in total. The standard InChI is InChI=1S/C20H16N2O2/c23-22(24)20-13-11-17(12-14-20)15-16-21(18-7-3-1-4-8-18)19-9-5-2-6-10-19/h1-16H/b16-15+. The van der Waals surface area contributed by atoms with E-state index >= 15 is 0 Å². The first kappa shape index (κ1) is 15.5. The summed E-state index contributed by atoms with van der Waals surface area (Å²) in [7, 11) is 0. The van der Waals surface area contributed by atoms with Crippen molar-refractivity contribution in [3.05, 3.63) is 107 Å². The molecule has 0 saturated heterocycles.